The monoisotopic (exact) mass is 242 g/mol. The topological polar surface area (TPSA) is 24.9 Å². The van der Waals surface area contributed by atoms with E-state index in [0.717, 1.165) is 36.3 Å². The fourth-order valence-corrected chi connectivity index (χ4v) is 5.05. The Balaban J connectivity index is 1.40. The molecule has 1 aromatic rings. The van der Waals surface area contributed by atoms with E-state index in [9.17, 15) is 0 Å². The number of fused-ring (bicyclic) bond motifs is 5. The summed E-state index contributed by atoms with van der Waals surface area (Å²) in [6.45, 7) is 0.999. The highest BCUT2D eigenvalue weighted by molar-refractivity contribution is 5.10. The molecule has 2 bridgehead atoms. The molecule has 2 heteroatoms. The lowest BCUT2D eigenvalue weighted by Gasteiger charge is -2.32. The Morgan fingerprint density at radius 3 is 3.00 bits per heavy atom. The Labute approximate surface area is 109 Å². The molecule has 3 aliphatic rings. The fourth-order valence-electron chi connectivity index (χ4n) is 5.05. The zero-order valence-electron chi connectivity index (χ0n) is 10.9. The van der Waals surface area contributed by atoms with E-state index in [1.54, 1.807) is 0 Å². The summed E-state index contributed by atoms with van der Waals surface area (Å²) in [6, 6.07) is 4.99. The van der Waals surface area contributed by atoms with Gasteiger partial charge < -0.3 is 5.32 Å². The third-order valence-electron chi connectivity index (χ3n) is 5.72. The van der Waals surface area contributed by atoms with Crippen molar-refractivity contribution in [2.75, 3.05) is 0 Å². The molecule has 0 aromatic carbocycles. The molecule has 5 atom stereocenters. The zero-order chi connectivity index (χ0) is 11.9. The molecule has 1 heterocycles. The van der Waals surface area contributed by atoms with E-state index in [1.807, 2.05) is 18.5 Å². The third-order valence-corrected chi connectivity index (χ3v) is 5.72. The van der Waals surface area contributed by atoms with Gasteiger partial charge in [-0.3, -0.25) is 4.98 Å². The van der Waals surface area contributed by atoms with Crippen LogP contribution in [0.25, 0.3) is 0 Å². The van der Waals surface area contributed by atoms with E-state index in [4.69, 9.17) is 0 Å². The lowest BCUT2D eigenvalue weighted by Crippen LogP contribution is -2.38. The number of pyridine rings is 1. The van der Waals surface area contributed by atoms with E-state index >= 15 is 0 Å². The standard InChI is InChI=1S/C16H22N2/c1-4-13-12-7-15(14(13)5-1)16(8-12)18-10-11-3-2-6-17-9-11/h2-3,6,9,12-16,18H,1,4-5,7-8,10H2/t12-,13+,14+,15-,16+/m0/s1. The van der Waals surface area contributed by atoms with Crippen LogP contribution in [0.4, 0.5) is 0 Å². The van der Waals surface area contributed by atoms with Gasteiger partial charge in [-0.2, -0.15) is 0 Å². The van der Waals surface area contributed by atoms with Crippen molar-refractivity contribution in [1.82, 2.24) is 10.3 Å². The van der Waals surface area contributed by atoms with Crippen molar-refractivity contribution < 1.29 is 0 Å². The molecule has 3 saturated carbocycles. The minimum absolute atomic E-state index is 0.787. The maximum atomic E-state index is 4.19. The highest BCUT2D eigenvalue weighted by atomic mass is 14.9. The maximum Gasteiger partial charge on any atom is 0.0312 e. The second kappa shape index (κ2) is 4.34. The van der Waals surface area contributed by atoms with Gasteiger partial charge in [-0.25, -0.2) is 0 Å². The van der Waals surface area contributed by atoms with Crippen LogP contribution in [-0.2, 0) is 6.54 Å². The van der Waals surface area contributed by atoms with Gasteiger partial charge in [0.1, 0.15) is 0 Å². The number of nitrogens with one attached hydrogen (secondary N) is 1. The molecule has 0 radical (unpaired) electrons. The fraction of sp³-hybridized carbons (Fsp3) is 0.688. The van der Waals surface area contributed by atoms with Gasteiger partial charge >= 0.3 is 0 Å². The van der Waals surface area contributed by atoms with Gasteiger partial charge in [-0.05, 0) is 61.0 Å². The summed E-state index contributed by atoms with van der Waals surface area (Å²) < 4.78 is 0. The maximum absolute atomic E-state index is 4.19. The molecule has 1 N–H and O–H groups in total. The lowest BCUT2D eigenvalue weighted by molar-refractivity contribution is 0.208. The SMILES string of the molecule is c1cncc(CN[C@@H]2C[C@@H]3C[C@H]2[C@@H]2CCC[C@H]32)c1. The Hall–Kier alpha value is -0.890. The first kappa shape index (κ1) is 11.0. The van der Waals surface area contributed by atoms with Crippen LogP contribution in [0, 0.1) is 23.7 Å². The molecule has 0 saturated heterocycles. The summed E-state index contributed by atoms with van der Waals surface area (Å²) in [7, 11) is 0. The van der Waals surface area contributed by atoms with E-state index < -0.39 is 0 Å². The average Bonchev–Trinajstić information content (AvgIpc) is 3.09. The second-order valence-electron chi connectivity index (χ2n) is 6.50. The van der Waals surface area contributed by atoms with Crippen LogP contribution in [0.5, 0.6) is 0 Å². The van der Waals surface area contributed by atoms with E-state index in [2.05, 4.69) is 16.4 Å². The van der Waals surface area contributed by atoms with Gasteiger partial charge in [-0.15, -0.1) is 0 Å². The number of hydrogen-bond donors (Lipinski definition) is 1. The van der Waals surface area contributed by atoms with Gasteiger partial charge in [-0.1, -0.05) is 12.5 Å². The Kier molecular flexibility index (Phi) is 2.65. The van der Waals surface area contributed by atoms with E-state index in [0.29, 0.717) is 0 Å². The summed E-state index contributed by atoms with van der Waals surface area (Å²) in [5.41, 5.74) is 1.32. The minimum Gasteiger partial charge on any atom is -0.310 e. The molecule has 3 fully saturated rings. The van der Waals surface area contributed by atoms with Crippen molar-refractivity contribution in [2.24, 2.45) is 23.7 Å². The first-order valence-electron chi connectivity index (χ1n) is 7.54. The molecule has 18 heavy (non-hydrogen) atoms. The summed E-state index contributed by atoms with van der Waals surface area (Å²) in [6.07, 6.45) is 11.3. The predicted octanol–water partition coefficient (Wildman–Crippen LogP) is 3.00. The smallest absolute Gasteiger partial charge is 0.0312 e. The van der Waals surface area contributed by atoms with Crippen LogP contribution in [0.2, 0.25) is 0 Å². The first-order chi connectivity index (χ1) is 8.92. The van der Waals surface area contributed by atoms with Crippen LogP contribution in [0.15, 0.2) is 24.5 Å². The van der Waals surface area contributed by atoms with Crippen molar-refractivity contribution in [3.63, 3.8) is 0 Å². The van der Waals surface area contributed by atoms with Crippen LogP contribution in [-0.4, -0.2) is 11.0 Å². The quantitative estimate of drug-likeness (QED) is 0.881. The Bertz CT molecular complexity index is 416. The normalized spacial score (nSPS) is 41.2. The van der Waals surface area contributed by atoms with Gasteiger partial charge in [0.25, 0.3) is 0 Å². The number of nitrogens with zero attached hydrogens (tertiary/aromatic N) is 1. The van der Waals surface area contributed by atoms with Gasteiger partial charge in [0.15, 0.2) is 0 Å². The molecule has 96 valence electrons. The molecule has 0 unspecified atom stereocenters. The first-order valence-corrected chi connectivity index (χ1v) is 7.54. The van der Waals surface area contributed by atoms with Crippen molar-refractivity contribution in [1.29, 1.82) is 0 Å². The van der Waals surface area contributed by atoms with Gasteiger partial charge in [0.2, 0.25) is 0 Å². The molecule has 2 nitrogen and oxygen atoms in total. The van der Waals surface area contributed by atoms with Crippen LogP contribution >= 0.6 is 0 Å². The van der Waals surface area contributed by atoms with E-state index in [-0.39, 0.29) is 0 Å². The summed E-state index contributed by atoms with van der Waals surface area (Å²) in [5.74, 6) is 4.20. The number of hydrogen-bond acceptors (Lipinski definition) is 2. The molecule has 0 aliphatic heterocycles. The zero-order valence-corrected chi connectivity index (χ0v) is 10.9. The van der Waals surface area contributed by atoms with Gasteiger partial charge in [0.05, 0.1) is 0 Å². The minimum atomic E-state index is 0.787. The van der Waals surface area contributed by atoms with Crippen molar-refractivity contribution >= 4 is 0 Å². The molecule has 0 amide bonds. The molecule has 1 aromatic heterocycles. The second-order valence-corrected chi connectivity index (χ2v) is 6.50. The van der Waals surface area contributed by atoms with E-state index in [1.165, 1.54) is 37.7 Å². The largest absolute Gasteiger partial charge is 0.310 e. The van der Waals surface area contributed by atoms with Crippen LogP contribution in [0.3, 0.4) is 0 Å². The van der Waals surface area contributed by atoms with Crippen molar-refractivity contribution in [2.45, 2.75) is 44.7 Å². The Morgan fingerprint density at radius 1 is 1.17 bits per heavy atom. The molecule has 0 spiro atoms. The van der Waals surface area contributed by atoms with Crippen LogP contribution in [0.1, 0.15) is 37.7 Å². The molecular weight excluding hydrogens is 220 g/mol. The number of rotatable bonds is 3. The Morgan fingerprint density at radius 2 is 2.11 bits per heavy atom. The van der Waals surface area contributed by atoms with Gasteiger partial charge in [0, 0.05) is 25.0 Å². The van der Waals surface area contributed by atoms with Crippen molar-refractivity contribution in [3.05, 3.63) is 30.1 Å². The number of aromatic nitrogens is 1. The highest BCUT2D eigenvalue weighted by Gasteiger charge is 2.53. The lowest BCUT2D eigenvalue weighted by atomic mass is 9.79. The summed E-state index contributed by atoms with van der Waals surface area (Å²) in [5, 5.41) is 3.80. The molecule has 4 rings (SSSR count). The summed E-state index contributed by atoms with van der Waals surface area (Å²) in [4.78, 5) is 4.19. The van der Waals surface area contributed by atoms with Crippen molar-refractivity contribution in [3.8, 4) is 0 Å². The molecular formula is C16H22N2. The third kappa shape index (κ3) is 1.70. The highest BCUT2D eigenvalue weighted by Crippen LogP contribution is 2.58. The van der Waals surface area contributed by atoms with Crippen LogP contribution < -0.4 is 5.32 Å². The summed E-state index contributed by atoms with van der Waals surface area (Å²) >= 11 is 0. The average molecular weight is 242 g/mol. The predicted molar refractivity (Wildman–Crippen MR) is 71.9 cm³/mol. The molecule has 3 aliphatic carbocycles.